The molecule has 0 radical (unpaired) electrons. The van der Waals surface area contributed by atoms with Gasteiger partial charge in [-0.2, -0.15) is 13.2 Å². The van der Waals surface area contributed by atoms with Gasteiger partial charge in [0.15, 0.2) is 6.10 Å². The van der Waals surface area contributed by atoms with Crippen molar-refractivity contribution in [2.24, 2.45) is 0 Å². The second kappa shape index (κ2) is 6.83. The van der Waals surface area contributed by atoms with Crippen molar-refractivity contribution in [3.63, 3.8) is 0 Å². The highest BCUT2D eigenvalue weighted by atomic mass is 35.5. The SMILES string of the molecule is CC(NCc1ccccc1)C(O)C(F)(F)F.Cl. The van der Waals surface area contributed by atoms with Gasteiger partial charge in [0, 0.05) is 12.6 Å². The highest BCUT2D eigenvalue weighted by Crippen LogP contribution is 2.22. The fourth-order valence-corrected chi connectivity index (χ4v) is 1.27. The van der Waals surface area contributed by atoms with Crippen molar-refractivity contribution >= 4 is 12.4 Å². The number of nitrogens with one attached hydrogen (secondary N) is 1. The minimum Gasteiger partial charge on any atom is -0.382 e. The highest BCUT2D eigenvalue weighted by Gasteiger charge is 2.41. The minimum absolute atomic E-state index is 0. The van der Waals surface area contributed by atoms with Gasteiger partial charge >= 0.3 is 6.18 Å². The van der Waals surface area contributed by atoms with Crippen LogP contribution in [0, 0.1) is 0 Å². The summed E-state index contributed by atoms with van der Waals surface area (Å²) in [4.78, 5) is 0. The molecule has 2 N–H and O–H groups in total. The van der Waals surface area contributed by atoms with Crippen LogP contribution in [0.5, 0.6) is 0 Å². The van der Waals surface area contributed by atoms with E-state index in [1.54, 1.807) is 12.1 Å². The third-order valence-electron chi connectivity index (χ3n) is 2.28. The molecule has 0 bridgehead atoms. The van der Waals surface area contributed by atoms with Gasteiger partial charge in [0.05, 0.1) is 0 Å². The Labute approximate surface area is 104 Å². The van der Waals surface area contributed by atoms with Crippen molar-refractivity contribution in [1.29, 1.82) is 0 Å². The number of aliphatic hydroxyl groups excluding tert-OH is 1. The van der Waals surface area contributed by atoms with Crippen molar-refractivity contribution in [2.45, 2.75) is 31.8 Å². The third kappa shape index (κ3) is 5.39. The zero-order valence-electron chi connectivity index (χ0n) is 9.24. The van der Waals surface area contributed by atoms with Crippen molar-refractivity contribution in [2.75, 3.05) is 0 Å². The predicted molar refractivity (Wildman–Crippen MR) is 62.1 cm³/mol. The Bertz CT molecular complexity index is 318. The summed E-state index contributed by atoms with van der Waals surface area (Å²) in [6.45, 7) is 1.61. The Morgan fingerprint density at radius 3 is 2.24 bits per heavy atom. The molecule has 2 unspecified atom stereocenters. The van der Waals surface area contributed by atoms with E-state index in [1.807, 2.05) is 18.2 Å². The molecule has 1 aromatic carbocycles. The summed E-state index contributed by atoms with van der Waals surface area (Å²) in [5, 5.41) is 11.6. The zero-order valence-corrected chi connectivity index (χ0v) is 10.1. The molecule has 6 heteroatoms. The van der Waals surface area contributed by atoms with Gasteiger partial charge in [0.2, 0.25) is 0 Å². The topological polar surface area (TPSA) is 32.3 Å². The average molecular weight is 270 g/mol. The second-order valence-corrected chi connectivity index (χ2v) is 3.64. The van der Waals surface area contributed by atoms with E-state index in [-0.39, 0.29) is 12.4 Å². The number of benzene rings is 1. The van der Waals surface area contributed by atoms with Crippen LogP contribution in [0.4, 0.5) is 13.2 Å². The summed E-state index contributed by atoms with van der Waals surface area (Å²) in [7, 11) is 0. The van der Waals surface area contributed by atoms with Gasteiger partial charge in [-0.05, 0) is 12.5 Å². The first-order chi connectivity index (χ1) is 7.41. The zero-order chi connectivity index (χ0) is 12.2. The molecular formula is C11H15ClF3NO. The van der Waals surface area contributed by atoms with E-state index in [4.69, 9.17) is 5.11 Å². The van der Waals surface area contributed by atoms with Gasteiger partial charge in [-0.15, -0.1) is 12.4 Å². The first-order valence-electron chi connectivity index (χ1n) is 4.93. The molecular weight excluding hydrogens is 255 g/mol. The first kappa shape index (κ1) is 16.2. The van der Waals surface area contributed by atoms with Crippen LogP contribution in [0.3, 0.4) is 0 Å². The van der Waals surface area contributed by atoms with Crippen molar-refractivity contribution in [3.05, 3.63) is 35.9 Å². The van der Waals surface area contributed by atoms with Crippen molar-refractivity contribution in [1.82, 2.24) is 5.32 Å². The smallest absolute Gasteiger partial charge is 0.382 e. The van der Waals surface area contributed by atoms with Gasteiger partial charge < -0.3 is 10.4 Å². The minimum atomic E-state index is -4.58. The number of aliphatic hydroxyl groups is 1. The molecule has 2 nitrogen and oxygen atoms in total. The van der Waals surface area contributed by atoms with E-state index < -0.39 is 18.3 Å². The van der Waals surface area contributed by atoms with Crippen LogP contribution >= 0.6 is 12.4 Å². The third-order valence-corrected chi connectivity index (χ3v) is 2.28. The van der Waals surface area contributed by atoms with Crippen molar-refractivity contribution in [3.8, 4) is 0 Å². The summed E-state index contributed by atoms with van der Waals surface area (Å²) < 4.78 is 36.4. The van der Waals surface area contributed by atoms with E-state index in [9.17, 15) is 13.2 Å². The van der Waals surface area contributed by atoms with Crippen LogP contribution in [0.15, 0.2) is 30.3 Å². The molecule has 0 saturated carbocycles. The van der Waals surface area contributed by atoms with Gasteiger partial charge in [-0.3, -0.25) is 0 Å². The number of hydrogen-bond donors (Lipinski definition) is 2. The number of alkyl halides is 3. The second-order valence-electron chi connectivity index (χ2n) is 3.64. The lowest BCUT2D eigenvalue weighted by Crippen LogP contribution is -2.45. The summed E-state index contributed by atoms with van der Waals surface area (Å²) in [5.74, 6) is 0. The Morgan fingerprint density at radius 2 is 1.76 bits per heavy atom. The lowest BCUT2D eigenvalue weighted by Gasteiger charge is -2.22. The quantitative estimate of drug-likeness (QED) is 0.880. The monoisotopic (exact) mass is 269 g/mol. The molecule has 0 aliphatic heterocycles. The van der Waals surface area contributed by atoms with Crippen LogP contribution in [-0.2, 0) is 6.54 Å². The van der Waals surface area contributed by atoms with E-state index in [2.05, 4.69) is 5.32 Å². The predicted octanol–water partition coefficient (Wildman–Crippen LogP) is 2.51. The fraction of sp³-hybridized carbons (Fsp3) is 0.455. The molecule has 0 aliphatic rings. The average Bonchev–Trinajstić information content (AvgIpc) is 2.25. The summed E-state index contributed by atoms with van der Waals surface area (Å²) >= 11 is 0. The normalized spacial score (nSPS) is 14.9. The van der Waals surface area contributed by atoms with Gasteiger partial charge in [0.1, 0.15) is 0 Å². The van der Waals surface area contributed by atoms with Crippen LogP contribution < -0.4 is 5.32 Å². The van der Waals surface area contributed by atoms with Crippen LogP contribution in [0.1, 0.15) is 12.5 Å². The first-order valence-corrected chi connectivity index (χ1v) is 4.93. The highest BCUT2D eigenvalue weighted by molar-refractivity contribution is 5.85. The van der Waals surface area contributed by atoms with E-state index in [0.717, 1.165) is 5.56 Å². The van der Waals surface area contributed by atoms with E-state index >= 15 is 0 Å². The molecule has 98 valence electrons. The molecule has 0 amide bonds. The van der Waals surface area contributed by atoms with Crippen molar-refractivity contribution < 1.29 is 18.3 Å². The molecule has 1 rings (SSSR count). The molecule has 0 heterocycles. The molecule has 0 aromatic heterocycles. The number of rotatable bonds is 4. The molecule has 0 saturated heterocycles. The molecule has 0 aliphatic carbocycles. The van der Waals surface area contributed by atoms with Gasteiger partial charge in [-0.1, -0.05) is 30.3 Å². The molecule has 0 spiro atoms. The summed E-state index contributed by atoms with van der Waals surface area (Å²) in [5.41, 5.74) is 0.878. The Hall–Kier alpha value is -0.780. The maximum atomic E-state index is 12.1. The fourth-order valence-electron chi connectivity index (χ4n) is 1.27. The molecule has 2 atom stereocenters. The summed E-state index contributed by atoms with van der Waals surface area (Å²) in [6, 6.07) is 8.03. The van der Waals surface area contributed by atoms with Crippen LogP contribution in [-0.4, -0.2) is 23.4 Å². The van der Waals surface area contributed by atoms with Gasteiger partial charge in [0.25, 0.3) is 0 Å². The standard InChI is InChI=1S/C11H14F3NO.ClH/c1-8(10(16)11(12,13)14)15-7-9-5-3-2-4-6-9;/h2-6,8,10,15-16H,7H2,1H3;1H. The van der Waals surface area contributed by atoms with E-state index in [1.165, 1.54) is 6.92 Å². The number of halogens is 4. The summed E-state index contributed by atoms with van der Waals surface area (Å²) in [6.07, 6.45) is -6.92. The molecule has 17 heavy (non-hydrogen) atoms. The Balaban J connectivity index is 0.00000256. The Kier molecular flexibility index (Phi) is 6.52. The maximum Gasteiger partial charge on any atom is 0.415 e. The van der Waals surface area contributed by atoms with Crippen LogP contribution in [0.25, 0.3) is 0 Å². The Morgan fingerprint density at radius 1 is 1.24 bits per heavy atom. The molecule has 1 aromatic rings. The van der Waals surface area contributed by atoms with Gasteiger partial charge in [-0.25, -0.2) is 0 Å². The number of hydrogen-bond acceptors (Lipinski definition) is 2. The maximum absolute atomic E-state index is 12.1. The van der Waals surface area contributed by atoms with E-state index in [0.29, 0.717) is 6.54 Å². The molecule has 0 fully saturated rings. The van der Waals surface area contributed by atoms with Crippen LogP contribution in [0.2, 0.25) is 0 Å². The lowest BCUT2D eigenvalue weighted by atomic mass is 10.1. The lowest BCUT2D eigenvalue weighted by molar-refractivity contribution is -0.210. The largest absolute Gasteiger partial charge is 0.415 e.